The Morgan fingerprint density at radius 1 is 1.19 bits per heavy atom. The van der Waals surface area contributed by atoms with Gasteiger partial charge in [-0.2, -0.15) is 5.26 Å². The van der Waals surface area contributed by atoms with Gasteiger partial charge in [-0.3, -0.25) is 4.79 Å². The first-order chi connectivity index (χ1) is 14.6. The number of ether oxygens (including phenoxy) is 1. The number of thiazole rings is 1. The van der Waals surface area contributed by atoms with Crippen LogP contribution < -0.4 is 10.1 Å². The number of carbonyl (C=O) groups excluding carboxylic acids is 1. The van der Waals surface area contributed by atoms with E-state index < -0.39 is 18.2 Å². The van der Waals surface area contributed by atoms with Gasteiger partial charge in [0.15, 0.2) is 16.6 Å². The van der Waals surface area contributed by atoms with Gasteiger partial charge in [0.2, 0.25) is 5.91 Å². The summed E-state index contributed by atoms with van der Waals surface area (Å²) in [6.45, 7) is 0. The van der Waals surface area contributed by atoms with Gasteiger partial charge in [0.05, 0.1) is 11.8 Å². The lowest BCUT2D eigenvalue weighted by Crippen LogP contribution is -2.23. The van der Waals surface area contributed by atoms with Gasteiger partial charge in [-0.05, 0) is 48.4 Å². The standard InChI is InChI=1S/C20H14F3N3O4S/c21-20(22,23)30-14-4-2-12(3-5-14)15-10-31-19(25-15)26-18(29)13(9-24)7-11-1-6-16(27)17(28)8-11/h1-6,8,10,13,27-28H,7H2,(H,25,26,29). The molecule has 160 valence electrons. The van der Waals surface area contributed by atoms with Gasteiger partial charge in [0.25, 0.3) is 0 Å². The van der Waals surface area contributed by atoms with E-state index in [-0.39, 0.29) is 28.8 Å². The first-order valence-electron chi connectivity index (χ1n) is 8.67. The number of nitrogens with zero attached hydrogens (tertiary/aromatic N) is 2. The Kier molecular flexibility index (Phi) is 6.31. The van der Waals surface area contributed by atoms with Crippen molar-refractivity contribution in [2.45, 2.75) is 12.8 Å². The largest absolute Gasteiger partial charge is 0.573 e. The number of phenolic OH excluding ortho intramolecular Hbond substituents is 2. The molecule has 1 heterocycles. The number of anilines is 1. The Bertz CT molecular complexity index is 1120. The molecule has 1 aromatic heterocycles. The molecule has 31 heavy (non-hydrogen) atoms. The minimum absolute atomic E-state index is 0.00900. The van der Waals surface area contributed by atoms with Crippen LogP contribution in [-0.4, -0.2) is 27.5 Å². The van der Waals surface area contributed by atoms with Crippen molar-refractivity contribution in [3.05, 3.63) is 53.4 Å². The maximum Gasteiger partial charge on any atom is 0.573 e. The average Bonchev–Trinajstić information content (AvgIpc) is 3.16. The van der Waals surface area contributed by atoms with Crippen molar-refractivity contribution in [1.29, 1.82) is 5.26 Å². The van der Waals surface area contributed by atoms with Crippen LogP contribution in [-0.2, 0) is 11.2 Å². The molecular formula is C20H14F3N3O4S. The van der Waals surface area contributed by atoms with Gasteiger partial charge in [-0.1, -0.05) is 6.07 Å². The Morgan fingerprint density at radius 3 is 2.52 bits per heavy atom. The summed E-state index contributed by atoms with van der Waals surface area (Å²) in [7, 11) is 0. The molecule has 0 spiro atoms. The lowest BCUT2D eigenvalue weighted by molar-refractivity contribution is -0.274. The Balaban J connectivity index is 1.66. The van der Waals surface area contributed by atoms with E-state index in [1.807, 2.05) is 6.07 Å². The zero-order valence-electron chi connectivity index (χ0n) is 15.6. The van der Waals surface area contributed by atoms with Gasteiger partial charge < -0.3 is 20.3 Å². The summed E-state index contributed by atoms with van der Waals surface area (Å²) in [6.07, 6.45) is -4.77. The number of phenols is 2. The normalized spacial score (nSPS) is 12.1. The van der Waals surface area contributed by atoms with Crippen molar-refractivity contribution in [1.82, 2.24) is 4.98 Å². The van der Waals surface area contributed by atoms with Gasteiger partial charge in [0, 0.05) is 10.9 Å². The molecule has 0 aliphatic rings. The predicted molar refractivity (Wildman–Crippen MR) is 105 cm³/mol. The maximum absolute atomic E-state index is 12.4. The number of rotatable bonds is 6. The molecule has 0 aliphatic heterocycles. The van der Waals surface area contributed by atoms with Crippen LogP contribution in [0.25, 0.3) is 11.3 Å². The van der Waals surface area contributed by atoms with Crippen molar-refractivity contribution in [3.63, 3.8) is 0 Å². The SMILES string of the molecule is N#CC(Cc1ccc(O)c(O)c1)C(=O)Nc1nc(-c2ccc(OC(F)(F)F)cc2)cs1. The highest BCUT2D eigenvalue weighted by molar-refractivity contribution is 7.14. The molecular weight excluding hydrogens is 435 g/mol. The number of amides is 1. The summed E-state index contributed by atoms with van der Waals surface area (Å²) in [5.74, 6) is -2.71. The van der Waals surface area contributed by atoms with Crippen molar-refractivity contribution in [2.24, 2.45) is 5.92 Å². The van der Waals surface area contributed by atoms with E-state index in [0.29, 0.717) is 16.8 Å². The number of aromatic hydroxyl groups is 2. The third kappa shape index (κ3) is 5.86. The topological polar surface area (TPSA) is 115 Å². The Labute approximate surface area is 178 Å². The third-order valence-corrected chi connectivity index (χ3v) is 4.83. The highest BCUT2D eigenvalue weighted by atomic mass is 32.1. The number of carbonyl (C=O) groups is 1. The molecule has 1 atom stereocenters. The van der Waals surface area contributed by atoms with Crippen LogP contribution in [0.15, 0.2) is 47.8 Å². The number of alkyl halides is 3. The van der Waals surface area contributed by atoms with E-state index in [4.69, 9.17) is 0 Å². The summed E-state index contributed by atoms with van der Waals surface area (Å²) in [6, 6.07) is 11.0. The number of halogens is 3. The molecule has 3 rings (SSSR count). The zero-order valence-corrected chi connectivity index (χ0v) is 16.4. The lowest BCUT2D eigenvalue weighted by Gasteiger charge is -2.09. The van der Waals surface area contributed by atoms with E-state index in [1.54, 1.807) is 5.38 Å². The van der Waals surface area contributed by atoms with E-state index in [1.165, 1.54) is 30.3 Å². The number of nitriles is 1. The number of nitrogens with one attached hydrogen (secondary N) is 1. The van der Waals surface area contributed by atoms with Crippen LogP contribution in [0, 0.1) is 17.2 Å². The molecule has 3 aromatic rings. The number of hydrogen-bond donors (Lipinski definition) is 3. The molecule has 11 heteroatoms. The second-order valence-corrected chi connectivity index (χ2v) is 7.17. The second kappa shape index (κ2) is 8.93. The van der Waals surface area contributed by atoms with Crippen molar-refractivity contribution >= 4 is 22.4 Å². The Hall–Kier alpha value is -3.78. The van der Waals surface area contributed by atoms with Crippen molar-refractivity contribution < 1.29 is 32.9 Å². The fourth-order valence-corrected chi connectivity index (χ4v) is 3.33. The van der Waals surface area contributed by atoms with Crippen molar-refractivity contribution in [2.75, 3.05) is 5.32 Å². The van der Waals surface area contributed by atoms with E-state index >= 15 is 0 Å². The molecule has 7 nitrogen and oxygen atoms in total. The lowest BCUT2D eigenvalue weighted by atomic mass is 9.99. The first-order valence-corrected chi connectivity index (χ1v) is 9.55. The molecule has 0 fully saturated rings. The number of aromatic nitrogens is 1. The minimum atomic E-state index is -4.78. The smallest absolute Gasteiger partial charge is 0.504 e. The quantitative estimate of drug-likeness (QED) is 0.479. The molecule has 3 N–H and O–H groups in total. The number of benzene rings is 2. The molecule has 1 amide bonds. The minimum Gasteiger partial charge on any atom is -0.504 e. The fourth-order valence-electron chi connectivity index (χ4n) is 2.61. The number of hydrogen-bond acceptors (Lipinski definition) is 7. The molecule has 0 bridgehead atoms. The fraction of sp³-hybridized carbons (Fsp3) is 0.150. The van der Waals surface area contributed by atoms with Gasteiger partial charge in [-0.25, -0.2) is 4.98 Å². The van der Waals surface area contributed by atoms with Gasteiger partial charge in [0.1, 0.15) is 11.7 Å². The van der Waals surface area contributed by atoms with Crippen LogP contribution in [0.2, 0.25) is 0 Å². The van der Waals surface area contributed by atoms with Crippen LogP contribution in [0.4, 0.5) is 18.3 Å². The molecule has 0 aliphatic carbocycles. The Morgan fingerprint density at radius 2 is 1.90 bits per heavy atom. The van der Waals surface area contributed by atoms with Crippen LogP contribution in [0.1, 0.15) is 5.56 Å². The molecule has 2 aromatic carbocycles. The highest BCUT2D eigenvalue weighted by Gasteiger charge is 2.31. The summed E-state index contributed by atoms with van der Waals surface area (Å²) in [5, 5.41) is 32.5. The van der Waals surface area contributed by atoms with E-state index in [0.717, 1.165) is 23.5 Å². The second-order valence-electron chi connectivity index (χ2n) is 6.31. The summed E-state index contributed by atoms with van der Waals surface area (Å²) >= 11 is 1.09. The molecule has 1 unspecified atom stereocenters. The summed E-state index contributed by atoms with van der Waals surface area (Å²) < 4.78 is 40.5. The van der Waals surface area contributed by atoms with E-state index in [2.05, 4.69) is 15.0 Å². The highest BCUT2D eigenvalue weighted by Crippen LogP contribution is 2.29. The molecule has 0 saturated heterocycles. The summed E-state index contributed by atoms with van der Waals surface area (Å²) in [4.78, 5) is 16.6. The van der Waals surface area contributed by atoms with Crippen LogP contribution in [0.3, 0.4) is 0 Å². The van der Waals surface area contributed by atoms with Gasteiger partial charge in [-0.15, -0.1) is 24.5 Å². The monoisotopic (exact) mass is 449 g/mol. The van der Waals surface area contributed by atoms with E-state index in [9.17, 15) is 33.4 Å². The molecule has 0 radical (unpaired) electrons. The van der Waals surface area contributed by atoms with Crippen LogP contribution in [0.5, 0.6) is 17.2 Å². The average molecular weight is 449 g/mol. The maximum atomic E-state index is 12.4. The van der Waals surface area contributed by atoms with Crippen LogP contribution >= 0.6 is 11.3 Å². The predicted octanol–water partition coefficient (Wildman–Crippen LogP) is 4.44. The van der Waals surface area contributed by atoms with Gasteiger partial charge >= 0.3 is 6.36 Å². The van der Waals surface area contributed by atoms with Crippen molar-refractivity contribution in [3.8, 4) is 34.6 Å². The molecule has 0 saturated carbocycles. The summed E-state index contributed by atoms with van der Waals surface area (Å²) in [5.41, 5.74) is 1.43. The zero-order chi connectivity index (χ0) is 22.6. The third-order valence-electron chi connectivity index (χ3n) is 4.07. The first kappa shape index (κ1) is 21.9.